The minimum absolute atomic E-state index is 0.420. The van der Waals surface area contributed by atoms with Crippen molar-refractivity contribution in [1.82, 2.24) is 0 Å². The summed E-state index contributed by atoms with van der Waals surface area (Å²) in [5, 5.41) is 5.89. The molecule has 0 aliphatic heterocycles. The topological polar surface area (TPSA) is 25.2 Å². The number of nitrogens with one attached hydrogen (secondary N) is 1. The van der Waals surface area contributed by atoms with Gasteiger partial charge in [0.15, 0.2) is 5.22 Å². The van der Waals surface area contributed by atoms with Crippen molar-refractivity contribution in [3.05, 3.63) is 64.9 Å². The predicted molar refractivity (Wildman–Crippen MR) is 80.8 cm³/mol. The number of hydrogen-bond acceptors (Lipinski definition) is 3. The zero-order chi connectivity index (χ0) is 13.1. The maximum atomic E-state index is 5.76. The third-order valence-corrected chi connectivity index (χ3v) is 3.90. The fourth-order valence-electron chi connectivity index (χ4n) is 1.91. The lowest BCUT2D eigenvalue weighted by atomic mass is 10.1. The van der Waals surface area contributed by atoms with Gasteiger partial charge in [0, 0.05) is 16.1 Å². The molecule has 1 aromatic carbocycles. The first-order chi connectivity index (χ1) is 9.33. The Balaban J connectivity index is 1.81. The van der Waals surface area contributed by atoms with Gasteiger partial charge in [-0.1, -0.05) is 24.3 Å². The number of halogens is 1. The van der Waals surface area contributed by atoms with E-state index >= 15 is 0 Å². The minimum Gasteiger partial charge on any atom is -0.448 e. The molecule has 0 atom stereocenters. The fourth-order valence-corrected chi connectivity index (χ4v) is 2.84. The van der Waals surface area contributed by atoms with Crippen LogP contribution in [0.1, 0.15) is 5.76 Å². The number of benzene rings is 1. The van der Waals surface area contributed by atoms with Crippen LogP contribution < -0.4 is 5.32 Å². The van der Waals surface area contributed by atoms with E-state index in [0.717, 1.165) is 11.4 Å². The summed E-state index contributed by atoms with van der Waals surface area (Å²) in [6.07, 6.45) is 0. The number of furan rings is 1. The number of hydrogen-bond donors (Lipinski definition) is 1. The van der Waals surface area contributed by atoms with Gasteiger partial charge in [0.05, 0.1) is 6.54 Å². The zero-order valence-electron chi connectivity index (χ0n) is 10.1. The number of rotatable bonds is 4. The Morgan fingerprint density at radius 2 is 1.95 bits per heavy atom. The quantitative estimate of drug-likeness (QED) is 0.707. The maximum Gasteiger partial charge on any atom is 0.193 e. The summed E-state index contributed by atoms with van der Waals surface area (Å²) in [5.74, 6) is 0.825. The molecule has 0 aliphatic carbocycles. The highest BCUT2D eigenvalue weighted by Gasteiger charge is 2.06. The van der Waals surface area contributed by atoms with Gasteiger partial charge < -0.3 is 9.73 Å². The second-order valence-corrected chi connectivity index (χ2v) is 5.40. The molecule has 0 spiro atoms. The van der Waals surface area contributed by atoms with E-state index in [2.05, 4.69) is 35.0 Å². The van der Waals surface area contributed by atoms with Gasteiger partial charge in [-0.25, -0.2) is 0 Å². The van der Waals surface area contributed by atoms with Crippen molar-refractivity contribution in [2.24, 2.45) is 0 Å². The van der Waals surface area contributed by atoms with Gasteiger partial charge in [-0.2, -0.15) is 0 Å². The van der Waals surface area contributed by atoms with Gasteiger partial charge in [0.2, 0.25) is 0 Å². The van der Waals surface area contributed by atoms with Crippen LogP contribution in [0.3, 0.4) is 0 Å². The SMILES string of the molecule is Clc1ccc(CNc2ccccc2-c2cccs2)o1. The molecule has 0 bridgehead atoms. The average molecular weight is 290 g/mol. The number of para-hydroxylation sites is 1. The van der Waals surface area contributed by atoms with E-state index in [1.54, 1.807) is 17.4 Å². The van der Waals surface area contributed by atoms with E-state index in [1.807, 2.05) is 18.2 Å². The molecule has 0 amide bonds. The minimum atomic E-state index is 0.420. The molecule has 96 valence electrons. The molecule has 0 saturated carbocycles. The Morgan fingerprint density at radius 3 is 2.68 bits per heavy atom. The van der Waals surface area contributed by atoms with Crippen molar-refractivity contribution in [2.45, 2.75) is 6.54 Å². The molecule has 2 nitrogen and oxygen atoms in total. The van der Waals surface area contributed by atoms with Crippen LogP contribution in [-0.2, 0) is 6.54 Å². The molecule has 2 heterocycles. The van der Waals surface area contributed by atoms with Crippen LogP contribution in [0.25, 0.3) is 10.4 Å². The molecule has 0 unspecified atom stereocenters. The number of thiophene rings is 1. The molecule has 0 aliphatic rings. The van der Waals surface area contributed by atoms with Gasteiger partial charge in [-0.3, -0.25) is 0 Å². The lowest BCUT2D eigenvalue weighted by Gasteiger charge is -2.09. The van der Waals surface area contributed by atoms with Gasteiger partial charge in [-0.15, -0.1) is 11.3 Å². The van der Waals surface area contributed by atoms with Crippen LogP contribution in [0.4, 0.5) is 5.69 Å². The molecule has 4 heteroatoms. The zero-order valence-corrected chi connectivity index (χ0v) is 11.7. The van der Waals surface area contributed by atoms with Crippen molar-refractivity contribution in [2.75, 3.05) is 5.32 Å². The van der Waals surface area contributed by atoms with E-state index in [1.165, 1.54) is 10.4 Å². The molecular weight excluding hydrogens is 278 g/mol. The van der Waals surface area contributed by atoms with Crippen molar-refractivity contribution in [3.63, 3.8) is 0 Å². The van der Waals surface area contributed by atoms with E-state index in [0.29, 0.717) is 11.8 Å². The molecule has 0 saturated heterocycles. The molecule has 0 radical (unpaired) electrons. The highest BCUT2D eigenvalue weighted by atomic mass is 35.5. The summed E-state index contributed by atoms with van der Waals surface area (Å²) in [4.78, 5) is 1.25. The van der Waals surface area contributed by atoms with Crippen molar-refractivity contribution < 1.29 is 4.42 Å². The third kappa shape index (κ3) is 2.83. The first-order valence-corrected chi connectivity index (χ1v) is 7.20. The van der Waals surface area contributed by atoms with E-state index < -0.39 is 0 Å². The molecule has 2 aromatic heterocycles. The molecule has 3 aromatic rings. The summed E-state index contributed by atoms with van der Waals surface area (Å²) in [7, 11) is 0. The Morgan fingerprint density at radius 1 is 1.05 bits per heavy atom. The molecule has 19 heavy (non-hydrogen) atoms. The second-order valence-electron chi connectivity index (χ2n) is 4.08. The van der Waals surface area contributed by atoms with Crippen molar-refractivity contribution in [1.29, 1.82) is 0 Å². The number of anilines is 1. The van der Waals surface area contributed by atoms with E-state index in [9.17, 15) is 0 Å². The second kappa shape index (κ2) is 5.51. The summed E-state index contributed by atoms with van der Waals surface area (Å²) < 4.78 is 5.34. The van der Waals surface area contributed by atoms with Crippen molar-refractivity contribution >= 4 is 28.6 Å². The highest BCUT2D eigenvalue weighted by molar-refractivity contribution is 7.13. The van der Waals surface area contributed by atoms with Crippen LogP contribution in [0.2, 0.25) is 5.22 Å². The predicted octanol–water partition coefficient (Wildman–Crippen LogP) is 5.27. The first-order valence-electron chi connectivity index (χ1n) is 5.94. The van der Waals surface area contributed by atoms with Gasteiger partial charge >= 0.3 is 0 Å². The Labute approximate surface area is 120 Å². The Bertz CT molecular complexity index is 660. The van der Waals surface area contributed by atoms with E-state index in [4.69, 9.17) is 16.0 Å². The maximum absolute atomic E-state index is 5.76. The van der Waals surface area contributed by atoms with Crippen LogP contribution in [0.15, 0.2) is 58.3 Å². The molecule has 0 fully saturated rings. The molecule has 1 N–H and O–H groups in total. The smallest absolute Gasteiger partial charge is 0.193 e. The monoisotopic (exact) mass is 289 g/mol. The van der Waals surface area contributed by atoms with Gasteiger partial charge in [0.1, 0.15) is 5.76 Å². The van der Waals surface area contributed by atoms with Crippen LogP contribution in [0, 0.1) is 0 Å². The summed E-state index contributed by atoms with van der Waals surface area (Å²) in [6.45, 7) is 0.620. The lowest BCUT2D eigenvalue weighted by molar-refractivity contribution is 0.520. The average Bonchev–Trinajstić information content (AvgIpc) is 3.08. The Kier molecular flexibility index (Phi) is 3.58. The van der Waals surface area contributed by atoms with E-state index in [-0.39, 0.29) is 0 Å². The van der Waals surface area contributed by atoms with Gasteiger partial charge in [-0.05, 0) is 41.2 Å². The van der Waals surface area contributed by atoms with Gasteiger partial charge in [0.25, 0.3) is 0 Å². The molecular formula is C15H12ClNOS. The summed E-state index contributed by atoms with van der Waals surface area (Å²) in [6, 6.07) is 16.1. The van der Waals surface area contributed by atoms with Crippen LogP contribution >= 0.6 is 22.9 Å². The highest BCUT2D eigenvalue weighted by Crippen LogP contribution is 2.31. The Hall–Kier alpha value is -1.71. The summed E-state index contributed by atoms with van der Waals surface area (Å²) in [5.41, 5.74) is 2.30. The fraction of sp³-hybridized carbons (Fsp3) is 0.0667. The largest absolute Gasteiger partial charge is 0.448 e. The van der Waals surface area contributed by atoms with Crippen LogP contribution in [-0.4, -0.2) is 0 Å². The summed E-state index contributed by atoms with van der Waals surface area (Å²) >= 11 is 7.49. The normalized spacial score (nSPS) is 10.6. The third-order valence-electron chi connectivity index (χ3n) is 2.80. The molecule has 3 rings (SSSR count). The van der Waals surface area contributed by atoms with Crippen molar-refractivity contribution in [3.8, 4) is 10.4 Å². The standard InChI is InChI=1S/C15H12ClNOS/c16-15-8-7-11(18-15)10-17-13-5-2-1-4-12(13)14-6-3-9-19-14/h1-9,17H,10H2. The first kappa shape index (κ1) is 12.3. The lowest BCUT2D eigenvalue weighted by Crippen LogP contribution is -1.99. The van der Waals surface area contributed by atoms with Crippen LogP contribution in [0.5, 0.6) is 0 Å².